The Labute approximate surface area is 108 Å². The van der Waals surface area contributed by atoms with Crippen molar-refractivity contribution in [1.82, 2.24) is 0 Å². The van der Waals surface area contributed by atoms with Gasteiger partial charge in [-0.3, -0.25) is 0 Å². The van der Waals surface area contributed by atoms with Crippen molar-refractivity contribution in [1.29, 1.82) is 0 Å². The van der Waals surface area contributed by atoms with Crippen LogP contribution in [0.1, 0.15) is 32.6 Å². The lowest BCUT2D eigenvalue weighted by molar-refractivity contribution is 0.304. The fourth-order valence-corrected chi connectivity index (χ4v) is 3.91. The lowest BCUT2D eigenvalue weighted by atomic mass is 9.84. The third-order valence-corrected chi connectivity index (χ3v) is 4.81. The van der Waals surface area contributed by atoms with E-state index in [-0.39, 0.29) is 5.82 Å². The van der Waals surface area contributed by atoms with Gasteiger partial charge in [-0.05, 0) is 62.1 Å². The first-order valence-corrected chi connectivity index (χ1v) is 6.95. The zero-order chi connectivity index (χ0) is 12.7. The number of hydrogen-bond acceptors (Lipinski definition) is 2. The molecule has 1 aromatic carbocycles. The van der Waals surface area contributed by atoms with Gasteiger partial charge >= 0.3 is 0 Å². The van der Waals surface area contributed by atoms with Crippen LogP contribution in [0.4, 0.5) is 15.8 Å². The standard InChI is InChI=1S/C15H21FN2/c1-9(13-7-10-2-3-11(13)6-10)18-15-5-4-12(17)8-14(15)16/h4-5,8-11,13,18H,2-3,6-7,17H2,1H3. The van der Waals surface area contributed by atoms with Crippen molar-refractivity contribution < 1.29 is 4.39 Å². The smallest absolute Gasteiger partial charge is 0.148 e. The van der Waals surface area contributed by atoms with Gasteiger partial charge in [-0.15, -0.1) is 0 Å². The summed E-state index contributed by atoms with van der Waals surface area (Å²) in [5.74, 6) is 2.25. The largest absolute Gasteiger partial charge is 0.399 e. The van der Waals surface area contributed by atoms with Gasteiger partial charge in [-0.1, -0.05) is 6.42 Å². The summed E-state index contributed by atoms with van der Waals surface area (Å²) in [7, 11) is 0. The van der Waals surface area contributed by atoms with Crippen molar-refractivity contribution >= 4 is 11.4 Å². The van der Waals surface area contributed by atoms with Crippen LogP contribution in [0.25, 0.3) is 0 Å². The van der Waals surface area contributed by atoms with Crippen LogP contribution in [0.2, 0.25) is 0 Å². The molecule has 2 aliphatic carbocycles. The van der Waals surface area contributed by atoms with E-state index in [0.29, 0.717) is 23.3 Å². The number of hydrogen-bond donors (Lipinski definition) is 2. The zero-order valence-corrected chi connectivity index (χ0v) is 10.8. The average molecular weight is 248 g/mol. The Balaban J connectivity index is 1.69. The van der Waals surface area contributed by atoms with Crippen LogP contribution >= 0.6 is 0 Å². The summed E-state index contributed by atoms with van der Waals surface area (Å²) in [5, 5.41) is 3.33. The van der Waals surface area contributed by atoms with Gasteiger partial charge in [0.05, 0.1) is 5.69 Å². The summed E-state index contributed by atoms with van der Waals surface area (Å²) in [6.07, 6.45) is 5.48. The first-order valence-electron chi connectivity index (χ1n) is 6.95. The Morgan fingerprint density at radius 1 is 1.33 bits per heavy atom. The molecule has 0 saturated heterocycles. The highest BCUT2D eigenvalue weighted by Gasteiger charge is 2.41. The van der Waals surface area contributed by atoms with E-state index >= 15 is 0 Å². The van der Waals surface area contributed by atoms with Crippen molar-refractivity contribution in [3.8, 4) is 0 Å². The molecule has 2 nitrogen and oxygen atoms in total. The van der Waals surface area contributed by atoms with Gasteiger partial charge in [-0.2, -0.15) is 0 Å². The summed E-state index contributed by atoms with van der Waals surface area (Å²) >= 11 is 0. The Morgan fingerprint density at radius 3 is 2.78 bits per heavy atom. The van der Waals surface area contributed by atoms with Gasteiger partial charge in [0.15, 0.2) is 0 Å². The van der Waals surface area contributed by atoms with Gasteiger partial charge in [0.1, 0.15) is 5.82 Å². The van der Waals surface area contributed by atoms with Crippen molar-refractivity contribution in [2.24, 2.45) is 17.8 Å². The summed E-state index contributed by atoms with van der Waals surface area (Å²) in [4.78, 5) is 0. The molecular weight excluding hydrogens is 227 g/mol. The summed E-state index contributed by atoms with van der Waals surface area (Å²) < 4.78 is 13.7. The van der Waals surface area contributed by atoms with Crippen LogP contribution in [0, 0.1) is 23.6 Å². The topological polar surface area (TPSA) is 38.0 Å². The molecule has 2 aliphatic rings. The molecule has 4 unspecified atom stereocenters. The van der Waals surface area contributed by atoms with Gasteiger partial charge in [-0.25, -0.2) is 4.39 Å². The van der Waals surface area contributed by atoms with Crippen LogP contribution in [-0.2, 0) is 0 Å². The molecule has 0 aliphatic heterocycles. The normalized spacial score (nSPS) is 31.6. The Hall–Kier alpha value is -1.25. The molecular formula is C15H21FN2. The van der Waals surface area contributed by atoms with Crippen molar-refractivity contribution in [3.05, 3.63) is 24.0 Å². The number of fused-ring (bicyclic) bond motifs is 2. The molecule has 2 bridgehead atoms. The molecule has 4 atom stereocenters. The number of benzene rings is 1. The minimum Gasteiger partial charge on any atom is -0.399 e. The lowest BCUT2D eigenvalue weighted by Gasteiger charge is -2.29. The van der Waals surface area contributed by atoms with Gasteiger partial charge < -0.3 is 11.1 Å². The predicted molar refractivity (Wildman–Crippen MR) is 72.8 cm³/mol. The fourth-order valence-electron chi connectivity index (χ4n) is 3.91. The van der Waals surface area contributed by atoms with Crippen LogP contribution in [0.15, 0.2) is 18.2 Å². The highest BCUT2D eigenvalue weighted by molar-refractivity contribution is 5.53. The first kappa shape index (κ1) is 11.8. The van der Waals surface area contributed by atoms with Crippen LogP contribution in [-0.4, -0.2) is 6.04 Å². The number of rotatable bonds is 3. The molecule has 2 fully saturated rings. The highest BCUT2D eigenvalue weighted by atomic mass is 19.1. The van der Waals surface area contributed by atoms with Crippen LogP contribution < -0.4 is 11.1 Å². The van der Waals surface area contributed by atoms with Gasteiger partial charge in [0.2, 0.25) is 0 Å². The van der Waals surface area contributed by atoms with Gasteiger partial charge in [0, 0.05) is 11.7 Å². The Kier molecular flexibility index (Phi) is 2.92. The molecule has 0 radical (unpaired) electrons. The molecule has 2 saturated carbocycles. The molecule has 3 N–H and O–H groups in total. The van der Waals surface area contributed by atoms with E-state index in [0.717, 1.165) is 11.8 Å². The van der Waals surface area contributed by atoms with Crippen molar-refractivity contribution in [3.63, 3.8) is 0 Å². The molecule has 3 heteroatoms. The molecule has 0 spiro atoms. The van der Waals surface area contributed by atoms with E-state index in [1.807, 2.05) is 0 Å². The van der Waals surface area contributed by atoms with Crippen molar-refractivity contribution in [2.45, 2.75) is 38.6 Å². The second kappa shape index (κ2) is 4.45. The maximum atomic E-state index is 13.7. The summed E-state index contributed by atoms with van der Waals surface area (Å²) in [6.45, 7) is 2.18. The minimum atomic E-state index is -0.245. The summed E-state index contributed by atoms with van der Waals surface area (Å²) in [6, 6.07) is 5.22. The van der Waals surface area contributed by atoms with E-state index in [4.69, 9.17) is 5.73 Å². The number of nitrogens with one attached hydrogen (secondary N) is 1. The van der Waals surface area contributed by atoms with Crippen LogP contribution in [0.5, 0.6) is 0 Å². The van der Waals surface area contributed by atoms with Gasteiger partial charge in [0.25, 0.3) is 0 Å². The fraction of sp³-hybridized carbons (Fsp3) is 0.600. The molecule has 18 heavy (non-hydrogen) atoms. The monoisotopic (exact) mass is 248 g/mol. The second-order valence-electron chi connectivity index (χ2n) is 6.01. The maximum absolute atomic E-state index is 13.7. The third kappa shape index (κ3) is 2.06. The summed E-state index contributed by atoms with van der Waals surface area (Å²) in [5.41, 5.74) is 6.62. The SMILES string of the molecule is CC(Nc1ccc(N)cc1F)C1CC2CCC1C2. The minimum absolute atomic E-state index is 0.245. The van der Waals surface area contributed by atoms with E-state index < -0.39 is 0 Å². The van der Waals surface area contributed by atoms with E-state index in [9.17, 15) is 4.39 Å². The number of nitrogens with two attached hydrogens (primary N) is 1. The third-order valence-electron chi connectivity index (χ3n) is 4.81. The maximum Gasteiger partial charge on any atom is 0.148 e. The van der Waals surface area contributed by atoms with E-state index in [1.54, 1.807) is 12.1 Å². The molecule has 0 heterocycles. The Morgan fingerprint density at radius 2 is 2.17 bits per heavy atom. The predicted octanol–water partition coefficient (Wildman–Crippen LogP) is 3.64. The van der Waals surface area contributed by atoms with E-state index in [1.165, 1.54) is 31.7 Å². The van der Waals surface area contributed by atoms with Crippen molar-refractivity contribution in [2.75, 3.05) is 11.1 Å². The first-order chi connectivity index (χ1) is 8.63. The Bertz CT molecular complexity index is 446. The zero-order valence-electron chi connectivity index (χ0n) is 10.8. The molecule has 0 aromatic heterocycles. The molecule has 98 valence electrons. The number of halogens is 1. The van der Waals surface area contributed by atoms with Crippen LogP contribution in [0.3, 0.4) is 0 Å². The van der Waals surface area contributed by atoms with E-state index in [2.05, 4.69) is 12.2 Å². The quantitative estimate of drug-likeness (QED) is 0.801. The number of nitrogen functional groups attached to an aromatic ring is 1. The second-order valence-corrected chi connectivity index (χ2v) is 6.01. The molecule has 1 aromatic rings. The molecule has 3 rings (SSSR count). The number of anilines is 2. The molecule has 0 amide bonds. The average Bonchev–Trinajstić information content (AvgIpc) is 2.94. The lowest BCUT2D eigenvalue weighted by Crippen LogP contribution is -2.30. The highest BCUT2D eigenvalue weighted by Crippen LogP contribution is 2.49.